The number of nitrogens with zero attached hydrogens (tertiary/aromatic N) is 1. The zero-order valence-electron chi connectivity index (χ0n) is 12.1. The van der Waals surface area contributed by atoms with E-state index < -0.39 is 0 Å². The molecule has 4 nitrogen and oxygen atoms in total. The van der Waals surface area contributed by atoms with Crippen LogP contribution >= 0.6 is 11.3 Å². The van der Waals surface area contributed by atoms with E-state index in [1.165, 1.54) is 11.3 Å². The molecule has 1 aliphatic rings. The number of carbonyl (C=O) groups excluding carboxylic acids is 2. The Bertz CT molecular complexity index is 526. The van der Waals surface area contributed by atoms with Crippen molar-refractivity contribution in [3.8, 4) is 0 Å². The van der Waals surface area contributed by atoms with Gasteiger partial charge in [0, 0.05) is 36.2 Å². The second kappa shape index (κ2) is 7.78. The number of hydrogen-bond donors (Lipinski definition) is 1. The minimum absolute atomic E-state index is 0.0194. The van der Waals surface area contributed by atoms with E-state index in [9.17, 15) is 9.59 Å². The Morgan fingerprint density at radius 2 is 2.10 bits per heavy atom. The molecule has 0 saturated carbocycles. The van der Waals surface area contributed by atoms with Crippen molar-refractivity contribution in [2.75, 3.05) is 13.1 Å². The fourth-order valence-electron chi connectivity index (χ4n) is 2.26. The van der Waals surface area contributed by atoms with Crippen LogP contribution in [0.4, 0.5) is 0 Å². The predicted octanol–water partition coefficient (Wildman–Crippen LogP) is 2.60. The maximum absolute atomic E-state index is 12.0. The van der Waals surface area contributed by atoms with Gasteiger partial charge in [-0.3, -0.25) is 9.59 Å². The van der Waals surface area contributed by atoms with Gasteiger partial charge in [0.15, 0.2) is 0 Å². The fraction of sp³-hybridized carbons (Fsp3) is 0.375. The number of hydrogen-bond acceptors (Lipinski definition) is 3. The summed E-state index contributed by atoms with van der Waals surface area (Å²) in [6.07, 6.45) is 8.68. The topological polar surface area (TPSA) is 49.4 Å². The van der Waals surface area contributed by atoms with Crippen LogP contribution in [0.1, 0.15) is 30.1 Å². The van der Waals surface area contributed by atoms with Crippen molar-refractivity contribution in [1.29, 1.82) is 0 Å². The van der Waals surface area contributed by atoms with E-state index in [1.54, 1.807) is 12.2 Å². The van der Waals surface area contributed by atoms with Crippen LogP contribution in [0.2, 0.25) is 0 Å². The molecule has 2 heterocycles. The molecule has 0 bridgehead atoms. The third-order valence-electron chi connectivity index (χ3n) is 3.47. The van der Waals surface area contributed by atoms with Crippen molar-refractivity contribution >= 4 is 23.2 Å². The van der Waals surface area contributed by atoms with E-state index in [0.717, 1.165) is 12.8 Å². The SMILES string of the molecule is C/C=C/C=C/C(=O)N1CCC(NC(=O)c2ccsc2)CC1. The summed E-state index contributed by atoms with van der Waals surface area (Å²) in [5, 5.41) is 6.78. The van der Waals surface area contributed by atoms with Crippen LogP contribution in [0.15, 0.2) is 41.1 Å². The molecular weight excluding hydrogens is 284 g/mol. The Hall–Kier alpha value is -1.88. The molecule has 21 heavy (non-hydrogen) atoms. The first-order valence-corrected chi connectivity index (χ1v) is 8.06. The summed E-state index contributed by atoms with van der Waals surface area (Å²) in [6, 6.07) is 1.98. The quantitative estimate of drug-likeness (QED) is 0.686. The van der Waals surface area contributed by atoms with E-state index in [2.05, 4.69) is 5.32 Å². The van der Waals surface area contributed by atoms with Gasteiger partial charge in [0.1, 0.15) is 0 Å². The number of allylic oxidation sites excluding steroid dienone is 3. The third kappa shape index (κ3) is 4.56. The summed E-state index contributed by atoms with van der Waals surface area (Å²) in [5.41, 5.74) is 0.716. The molecule has 1 fully saturated rings. The van der Waals surface area contributed by atoms with Gasteiger partial charge in [0.25, 0.3) is 5.91 Å². The predicted molar refractivity (Wildman–Crippen MR) is 85.3 cm³/mol. The fourth-order valence-corrected chi connectivity index (χ4v) is 2.90. The minimum atomic E-state index is -0.0194. The van der Waals surface area contributed by atoms with Gasteiger partial charge < -0.3 is 10.2 Å². The highest BCUT2D eigenvalue weighted by Gasteiger charge is 2.23. The van der Waals surface area contributed by atoms with Crippen molar-refractivity contribution in [3.05, 3.63) is 46.7 Å². The summed E-state index contributed by atoms with van der Waals surface area (Å²) in [6.45, 7) is 3.29. The molecule has 0 spiro atoms. The minimum Gasteiger partial charge on any atom is -0.349 e. The van der Waals surface area contributed by atoms with Crippen molar-refractivity contribution in [2.24, 2.45) is 0 Å². The van der Waals surface area contributed by atoms with Crippen LogP contribution < -0.4 is 5.32 Å². The lowest BCUT2D eigenvalue weighted by Gasteiger charge is -2.31. The van der Waals surface area contributed by atoms with E-state index in [4.69, 9.17) is 0 Å². The van der Waals surface area contributed by atoms with Gasteiger partial charge in [-0.15, -0.1) is 0 Å². The second-order valence-electron chi connectivity index (χ2n) is 4.97. The molecule has 1 saturated heterocycles. The van der Waals surface area contributed by atoms with E-state index in [1.807, 2.05) is 40.8 Å². The number of piperidine rings is 1. The first-order chi connectivity index (χ1) is 10.2. The highest BCUT2D eigenvalue weighted by atomic mass is 32.1. The molecule has 2 amide bonds. The first-order valence-electron chi connectivity index (χ1n) is 7.12. The zero-order chi connectivity index (χ0) is 15.1. The average Bonchev–Trinajstić information content (AvgIpc) is 3.02. The molecule has 0 aliphatic carbocycles. The molecule has 1 aromatic heterocycles. The van der Waals surface area contributed by atoms with Gasteiger partial charge in [-0.05, 0) is 31.2 Å². The normalized spacial score (nSPS) is 16.7. The van der Waals surface area contributed by atoms with Crippen LogP contribution in [-0.2, 0) is 4.79 Å². The summed E-state index contributed by atoms with van der Waals surface area (Å²) >= 11 is 1.52. The molecular formula is C16H20N2O2S. The first kappa shape index (κ1) is 15.5. The Labute approximate surface area is 129 Å². The van der Waals surface area contributed by atoms with Crippen LogP contribution in [0.5, 0.6) is 0 Å². The van der Waals surface area contributed by atoms with Crippen molar-refractivity contribution < 1.29 is 9.59 Å². The lowest BCUT2D eigenvalue weighted by molar-refractivity contribution is -0.127. The molecule has 0 atom stereocenters. The van der Waals surface area contributed by atoms with Crippen LogP contribution in [0.25, 0.3) is 0 Å². The third-order valence-corrected chi connectivity index (χ3v) is 4.15. The summed E-state index contributed by atoms with van der Waals surface area (Å²) in [4.78, 5) is 25.7. The van der Waals surface area contributed by atoms with Gasteiger partial charge in [-0.2, -0.15) is 11.3 Å². The zero-order valence-corrected chi connectivity index (χ0v) is 12.9. The molecule has 0 unspecified atom stereocenters. The molecule has 1 aromatic rings. The average molecular weight is 304 g/mol. The number of carbonyl (C=O) groups is 2. The molecule has 2 rings (SSSR count). The lowest BCUT2D eigenvalue weighted by Crippen LogP contribution is -2.46. The van der Waals surface area contributed by atoms with Gasteiger partial charge in [0.05, 0.1) is 0 Å². The molecule has 5 heteroatoms. The number of amides is 2. The highest BCUT2D eigenvalue weighted by molar-refractivity contribution is 7.08. The largest absolute Gasteiger partial charge is 0.349 e. The van der Waals surface area contributed by atoms with Gasteiger partial charge in [-0.25, -0.2) is 0 Å². The molecule has 0 aromatic carbocycles. The Morgan fingerprint density at radius 3 is 2.71 bits per heavy atom. The maximum Gasteiger partial charge on any atom is 0.252 e. The Balaban J connectivity index is 1.78. The standard InChI is InChI=1S/C16H20N2O2S/c1-2-3-4-5-15(19)18-9-6-14(7-10-18)17-16(20)13-8-11-21-12-13/h2-5,8,11-12,14H,6-7,9-10H2,1H3,(H,17,20)/b3-2+,5-4+. The number of likely N-dealkylation sites (tertiary alicyclic amines) is 1. The summed E-state index contributed by atoms with van der Waals surface area (Å²) < 4.78 is 0. The summed E-state index contributed by atoms with van der Waals surface area (Å²) in [7, 11) is 0. The van der Waals surface area contributed by atoms with Crippen molar-refractivity contribution in [3.63, 3.8) is 0 Å². The molecule has 0 radical (unpaired) electrons. The summed E-state index contributed by atoms with van der Waals surface area (Å²) in [5.74, 6) is 0.0183. The smallest absolute Gasteiger partial charge is 0.252 e. The Morgan fingerprint density at radius 1 is 1.33 bits per heavy atom. The van der Waals surface area contributed by atoms with Gasteiger partial charge >= 0.3 is 0 Å². The molecule has 1 N–H and O–H groups in total. The second-order valence-corrected chi connectivity index (χ2v) is 5.75. The van der Waals surface area contributed by atoms with Gasteiger partial charge in [0.2, 0.25) is 5.91 Å². The Kier molecular flexibility index (Phi) is 5.75. The van der Waals surface area contributed by atoms with E-state index >= 15 is 0 Å². The van der Waals surface area contributed by atoms with Crippen molar-refractivity contribution in [2.45, 2.75) is 25.8 Å². The lowest BCUT2D eigenvalue weighted by atomic mass is 10.0. The van der Waals surface area contributed by atoms with Gasteiger partial charge in [-0.1, -0.05) is 18.2 Å². The van der Waals surface area contributed by atoms with E-state index in [0.29, 0.717) is 18.7 Å². The number of thiophene rings is 1. The van der Waals surface area contributed by atoms with Crippen LogP contribution in [0.3, 0.4) is 0 Å². The molecule has 1 aliphatic heterocycles. The van der Waals surface area contributed by atoms with E-state index in [-0.39, 0.29) is 17.9 Å². The number of nitrogens with one attached hydrogen (secondary N) is 1. The number of rotatable bonds is 4. The monoisotopic (exact) mass is 304 g/mol. The van der Waals surface area contributed by atoms with Crippen molar-refractivity contribution in [1.82, 2.24) is 10.2 Å². The van der Waals surface area contributed by atoms with Crippen LogP contribution in [-0.4, -0.2) is 35.8 Å². The maximum atomic E-state index is 12.0. The molecule has 112 valence electrons. The highest BCUT2D eigenvalue weighted by Crippen LogP contribution is 2.13. The van der Waals surface area contributed by atoms with Crippen LogP contribution in [0, 0.1) is 0 Å².